The second-order valence-corrected chi connectivity index (χ2v) is 6.74. The maximum atomic E-state index is 10.9. The van der Waals surface area contributed by atoms with Gasteiger partial charge in [0.2, 0.25) is 0 Å². The molecule has 0 aromatic carbocycles. The first-order chi connectivity index (χ1) is 8.88. The lowest BCUT2D eigenvalue weighted by molar-refractivity contribution is 0.150. The minimum atomic E-state index is -0.789. The highest BCUT2D eigenvalue weighted by Crippen LogP contribution is 2.57. The van der Waals surface area contributed by atoms with Crippen LogP contribution in [0.5, 0.6) is 0 Å². The third-order valence-electron chi connectivity index (χ3n) is 4.35. The molecular weight excluding hydrogens is 240 g/mol. The Morgan fingerprint density at radius 1 is 1.32 bits per heavy atom. The Bertz CT molecular complexity index is 509. The lowest BCUT2D eigenvalue weighted by atomic mass is 9.91. The molecule has 4 heteroatoms. The maximum Gasteiger partial charge on any atom is 0.407 e. The molecule has 0 bridgehead atoms. The number of carbonyl (C=O) groups is 1. The van der Waals surface area contributed by atoms with Crippen molar-refractivity contribution in [1.82, 2.24) is 9.88 Å². The molecule has 2 fully saturated rings. The number of aromatic nitrogens is 1. The van der Waals surface area contributed by atoms with Crippen molar-refractivity contribution in [3.05, 3.63) is 29.6 Å². The van der Waals surface area contributed by atoms with E-state index in [2.05, 4.69) is 39.0 Å². The molecular formula is C15H20N2O2. The van der Waals surface area contributed by atoms with Gasteiger partial charge in [0.25, 0.3) is 0 Å². The fourth-order valence-corrected chi connectivity index (χ4v) is 3.18. The third-order valence-corrected chi connectivity index (χ3v) is 4.35. The van der Waals surface area contributed by atoms with Crippen LogP contribution in [0.3, 0.4) is 0 Å². The standard InChI is InChI=1S/C15H20N2O2/c1-15(2,3)12-6-4-5-11(16-12)13-9-7-17(14(18)19)8-10(9)13/h4-6,9-10,13H,7-8H2,1-3H3,(H,18,19). The van der Waals surface area contributed by atoms with Crippen molar-refractivity contribution < 1.29 is 9.90 Å². The minimum absolute atomic E-state index is 0.0626. The van der Waals surface area contributed by atoms with E-state index in [1.54, 1.807) is 0 Å². The number of amides is 1. The molecule has 2 heterocycles. The van der Waals surface area contributed by atoms with Crippen molar-refractivity contribution in [3.63, 3.8) is 0 Å². The van der Waals surface area contributed by atoms with Gasteiger partial charge in [-0.2, -0.15) is 0 Å². The van der Waals surface area contributed by atoms with E-state index in [-0.39, 0.29) is 5.41 Å². The molecule has 1 aliphatic carbocycles. The van der Waals surface area contributed by atoms with Gasteiger partial charge >= 0.3 is 6.09 Å². The highest BCUT2D eigenvalue weighted by atomic mass is 16.4. The van der Waals surface area contributed by atoms with Gasteiger partial charge in [-0.25, -0.2) is 4.79 Å². The summed E-state index contributed by atoms with van der Waals surface area (Å²) in [5.41, 5.74) is 2.32. The highest BCUT2D eigenvalue weighted by Gasteiger charge is 2.58. The van der Waals surface area contributed by atoms with Crippen molar-refractivity contribution in [2.75, 3.05) is 13.1 Å². The predicted molar refractivity (Wildman–Crippen MR) is 72.3 cm³/mol. The zero-order valence-corrected chi connectivity index (χ0v) is 11.6. The Kier molecular flexibility index (Phi) is 2.59. The number of hydrogen-bond acceptors (Lipinski definition) is 2. The SMILES string of the molecule is CC(C)(C)c1cccc(C2C3CN(C(=O)O)CC32)n1. The van der Waals surface area contributed by atoms with Crippen LogP contribution in [0.15, 0.2) is 18.2 Å². The smallest absolute Gasteiger partial charge is 0.407 e. The lowest BCUT2D eigenvalue weighted by Gasteiger charge is -2.19. The van der Waals surface area contributed by atoms with Gasteiger partial charge in [0, 0.05) is 35.8 Å². The topological polar surface area (TPSA) is 53.4 Å². The summed E-state index contributed by atoms with van der Waals surface area (Å²) in [7, 11) is 0. The summed E-state index contributed by atoms with van der Waals surface area (Å²) in [6, 6.07) is 6.24. The number of carboxylic acid groups (broad SMARTS) is 1. The summed E-state index contributed by atoms with van der Waals surface area (Å²) in [5.74, 6) is 1.44. The Balaban J connectivity index is 1.75. The highest BCUT2D eigenvalue weighted by molar-refractivity contribution is 5.66. The number of hydrogen-bond donors (Lipinski definition) is 1. The number of piperidine rings is 1. The van der Waals surface area contributed by atoms with Crippen molar-refractivity contribution >= 4 is 6.09 Å². The second kappa shape index (κ2) is 3.95. The quantitative estimate of drug-likeness (QED) is 0.844. The summed E-state index contributed by atoms with van der Waals surface area (Å²) in [6.45, 7) is 7.84. The number of rotatable bonds is 1. The molecule has 4 nitrogen and oxygen atoms in total. The molecule has 1 aromatic rings. The minimum Gasteiger partial charge on any atom is -0.465 e. The number of pyridine rings is 1. The normalized spacial score (nSPS) is 29.2. The van der Waals surface area contributed by atoms with Crippen molar-refractivity contribution in [2.24, 2.45) is 11.8 Å². The molecule has 0 spiro atoms. The van der Waals surface area contributed by atoms with E-state index in [9.17, 15) is 4.79 Å². The van der Waals surface area contributed by atoms with Crippen molar-refractivity contribution in [1.29, 1.82) is 0 Å². The molecule has 1 aromatic heterocycles. The van der Waals surface area contributed by atoms with Crippen LogP contribution in [0.25, 0.3) is 0 Å². The molecule has 102 valence electrons. The molecule has 0 radical (unpaired) electrons. The molecule has 3 rings (SSSR count). The van der Waals surface area contributed by atoms with Crippen LogP contribution in [-0.2, 0) is 5.41 Å². The summed E-state index contributed by atoms with van der Waals surface area (Å²) in [6.07, 6.45) is -0.789. The molecule has 2 atom stereocenters. The fraction of sp³-hybridized carbons (Fsp3) is 0.600. The Labute approximate surface area is 113 Å². The molecule has 1 aliphatic heterocycles. The first-order valence-electron chi connectivity index (χ1n) is 6.83. The van der Waals surface area contributed by atoms with Gasteiger partial charge in [-0.1, -0.05) is 26.8 Å². The molecule has 19 heavy (non-hydrogen) atoms. The fourth-order valence-electron chi connectivity index (χ4n) is 3.18. The van der Waals surface area contributed by atoms with Crippen LogP contribution in [0.4, 0.5) is 4.79 Å². The van der Waals surface area contributed by atoms with Crippen LogP contribution < -0.4 is 0 Å². The van der Waals surface area contributed by atoms with Gasteiger partial charge in [0.1, 0.15) is 0 Å². The zero-order valence-electron chi connectivity index (χ0n) is 11.6. The van der Waals surface area contributed by atoms with Gasteiger partial charge in [0.05, 0.1) is 0 Å². The second-order valence-electron chi connectivity index (χ2n) is 6.74. The van der Waals surface area contributed by atoms with E-state index in [4.69, 9.17) is 10.1 Å². The molecule has 1 saturated carbocycles. The molecule has 1 saturated heterocycles. The summed E-state index contributed by atoms with van der Waals surface area (Å²) in [4.78, 5) is 17.2. The van der Waals surface area contributed by atoms with Gasteiger partial charge in [-0.15, -0.1) is 0 Å². The van der Waals surface area contributed by atoms with E-state index < -0.39 is 6.09 Å². The molecule has 1 amide bonds. The van der Waals surface area contributed by atoms with Crippen LogP contribution in [0.2, 0.25) is 0 Å². The van der Waals surface area contributed by atoms with Crippen LogP contribution in [0, 0.1) is 11.8 Å². The Morgan fingerprint density at radius 2 is 1.95 bits per heavy atom. The largest absolute Gasteiger partial charge is 0.465 e. The van der Waals surface area contributed by atoms with Gasteiger partial charge in [-0.3, -0.25) is 4.98 Å². The average Bonchev–Trinajstić information content (AvgIpc) is 2.83. The van der Waals surface area contributed by atoms with Crippen molar-refractivity contribution in [3.8, 4) is 0 Å². The van der Waals surface area contributed by atoms with Crippen molar-refractivity contribution in [2.45, 2.75) is 32.1 Å². The molecule has 2 aliphatic rings. The van der Waals surface area contributed by atoms with E-state index in [1.165, 1.54) is 4.90 Å². The van der Waals surface area contributed by atoms with Crippen LogP contribution in [-0.4, -0.2) is 34.2 Å². The first kappa shape index (κ1) is 12.5. The summed E-state index contributed by atoms with van der Waals surface area (Å²) >= 11 is 0. The van der Waals surface area contributed by atoms with E-state index in [1.807, 2.05) is 0 Å². The molecule has 2 unspecified atom stereocenters. The molecule has 1 N–H and O–H groups in total. The van der Waals surface area contributed by atoms with Gasteiger partial charge in [-0.05, 0) is 24.0 Å². The van der Waals surface area contributed by atoms with Crippen LogP contribution >= 0.6 is 0 Å². The Hall–Kier alpha value is -1.58. The van der Waals surface area contributed by atoms with Gasteiger partial charge in [0.15, 0.2) is 0 Å². The van der Waals surface area contributed by atoms with E-state index in [0.717, 1.165) is 11.4 Å². The van der Waals surface area contributed by atoms with Gasteiger partial charge < -0.3 is 10.0 Å². The first-order valence-corrected chi connectivity index (χ1v) is 6.83. The lowest BCUT2D eigenvalue weighted by Crippen LogP contribution is -2.29. The zero-order chi connectivity index (χ0) is 13.8. The monoisotopic (exact) mass is 260 g/mol. The number of likely N-dealkylation sites (tertiary alicyclic amines) is 1. The number of fused-ring (bicyclic) bond motifs is 1. The number of nitrogens with zero attached hydrogens (tertiary/aromatic N) is 2. The average molecular weight is 260 g/mol. The Morgan fingerprint density at radius 3 is 2.47 bits per heavy atom. The van der Waals surface area contributed by atoms with Crippen LogP contribution in [0.1, 0.15) is 38.1 Å². The third kappa shape index (κ3) is 2.09. The predicted octanol–water partition coefficient (Wildman–Crippen LogP) is 2.70. The summed E-state index contributed by atoms with van der Waals surface area (Å²) < 4.78 is 0. The van der Waals surface area contributed by atoms with E-state index in [0.29, 0.717) is 30.8 Å². The van der Waals surface area contributed by atoms with E-state index >= 15 is 0 Å². The summed E-state index contributed by atoms with van der Waals surface area (Å²) in [5, 5.41) is 8.97. The maximum absolute atomic E-state index is 10.9.